The molecule has 2 amide bonds. The van der Waals surface area contributed by atoms with Gasteiger partial charge in [0.25, 0.3) is 5.69 Å². The number of hydrogen-bond donors (Lipinski definition) is 1. The number of benzene rings is 2. The maximum Gasteiger partial charge on any atom is 0.338 e. The molecule has 0 aliphatic carbocycles. The zero-order valence-corrected chi connectivity index (χ0v) is 15.4. The molecule has 1 aliphatic heterocycles. The molecule has 0 unspecified atom stereocenters. The predicted molar refractivity (Wildman–Crippen MR) is 102 cm³/mol. The highest BCUT2D eigenvalue weighted by Crippen LogP contribution is 2.38. The first-order valence-corrected chi connectivity index (χ1v) is 8.70. The van der Waals surface area contributed by atoms with Crippen molar-refractivity contribution < 1.29 is 19.2 Å². The van der Waals surface area contributed by atoms with Crippen molar-refractivity contribution in [1.29, 1.82) is 0 Å². The summed E-state index contributed by atoms with van der Waals surface area (Å²) in [5.74, 6) is -0.642. The van der Waals surface area contributed by atoms with Crippen LogP contribution in [-0.2, 0) is 9.53 Å². The second kappa shape index (κ2) is 7.91. The van der Waals surface area contributed by atoms with Crippen LogP contribution in [-0.4, -0.2) is 35.5 Å². The fraction of sp³-hybridized carbons (Fsp3) is 0.200. The molecule has 0 spiro atoms. The Hall–Kier alpha value is -3.68. The van der Waals surface area contributed by atoms with Gasteiger partial charge < -0.3 is 10.1 Å². The summed E-state index contributed by atoms with van der Waals surface area (Å²) in [7, 11) is 1.53. The van der Waals surface area contributed by atoms with E-state index in [9.17, 15) is 19.7 Å². The summed E-state index contributed by atoms with van der Waals surface area (Å²) in [6.07, 6.45) is 0. The first-order chi connectivity index (χ1) is 13.5. The van der Waals surface area contributed by atoms with E-state index >= 15 is 0 Å². The molecule has 0 aromatic heterocycles. The van der Waals surface area contributed by atoms with Crippen LogP contribution in [0.3, 0.4) is 0 Å². The van der Waals surface area contributed by atoms with Crippen LogP contribution >= 0.6 is 0 Å². The molecule has 0 saturated carbocycles. The topological polar surface area (TPSA) is 102 Å². The third-order valence-corrected chi connectivity index (χ3v) is 4.44. The molecule has 28 heavy (non-hydrogen) atoms. The standard InChI is InChI=1S/C20H19N3O5/c1-3-28-19(24)16-17(14-11-7-8-12-15(14)23(26)27)21-20(25)22(2)18(16)13-9-5-4-6-10-13/h4-12,17H,3H2,1-2H3,(H,21,25)/t17-/m0/s1. The van der Waals surface area contributed by atoms with Crippen molar-refractivity contribution in [3.05, 3.63) is 81.4 Å². The monoisotopic (exact) mass is 381 g/mol. The minimum Gasteiger partial charge on any atom is -0.463 e. The van der Waals surface area contributed by atoms with Gasteiger partial charge in [-0.1, -0.05) is 42.5 Å². The van der Waals surface area contributed by atoms with Crippen LogP contribution < -0.4 is 5.32 Å². The number of carbonyl (C=O) groups excluding carboxylic acids is 2. The van der Waals surface area contributed by atoms with Gasteiger partial charge in [-0.25, -0.2) is 9.59 Å². The van der Waals surface area contributed by atoms with Crippen LogP contribution in [0.2, 0.25) is 0 Å². The molecule has 2 aromatic carbocycles. The van der Waals surface area contributed by atoms with Gasteiger partial charge in [-0.05, 0) is 18.6 Å². The number of para-hydroxylation sites is 1. The maximum atomic E-state index is 12.9. The fourth-order valence-electron chi connectivity index (χ4n) is 3.21. The van der Waals surface area contributed by atoms with Gasteiger partial charge in [0.1, 0.15) is 0 Å². The highest BCUT2D eigenvalue weighted by atomic mass is 16.6. The van der Waals surface area contributed by atoms with Gasteiger partial charge in [-0.15, -0.1) is 0 Å². The molecule has 2 aromatic rings. The SMILES string of the molecule is CCOC(=O)C1=C(c2ccccc2)N(C)C(=O)N[C@H]1c1ccccc1[N+](=O)[O-]. The molecule has 8 nitrogen and oxygen atoms in total. The molecule has 1 N–H and O–H groups in total. The summed E-state index contributed by atoms with van der Waals surface area (Å²) >= 11 is 0. The van der Waals surface area contributed by atoms with E-state index in [2.05, 4.69) is 5.32 Å². The van der Waals surface area contributed by atoms with Crippen molar-refractivity contribution in [2.45, 2.75) is 13.0 Å². The Morgan fingerprint density at radius 1 is 1.18 bits per heavy atom. The summed E-state index contributed by atoms with van der Waals surface area (Å²) < 4.78 is 5.22. The lowest BCUT2D eigenvalue weighted by molar-refractivity contribution is -0.385. The quantitative estimate of drug-likeness (QED) is 0.487. The Morgan fingerprint density at radius 3 is 2.46 bits per heavy atom. The number of ether oxygens (including phenoxy) is 1. The van der Waals surface area contributed by atoms with Gasteiger partial charge in [0, 0.05) is 13.1 Å². The molecule has 3 rings (SSSR count). The Kier molecular flexibility index (Phi) is 5.39. The van der Waals surface area contributed by atoms with E-state index < -0.39 is 23.0 Å². The Bertz CT molecular complexity index is 955. The Morgan fingerprint density at radius 2 is 1.82 bits per heavy atom. The zero-order valence-electron chi connectivity index (χ0n) is 15.4. The van der Waals surface area contributed by atoms with E-state index in [1.54, 1.807) is 37.3 Å². The summed E-state index contributed by atoms with van der Waals surface area (Å²) in [4.78, 5) is 37.8. The summed E-state index contributed by atoms with van der Waals surface area (Å²) in [6, 6.07) is 13.4. The van der Waals surface area contributed by atoms with Crippen LogP contribution in [0.1, 0.15) is 24.1 Å². The number of nitrogens with one attached hydrogen (secondary N) is 1. The molecule has 0 fully saturated rings. The second-order valence-electron chi connectivity index (χ2n) is 6.11. The summed E-state index contributed by atoms with van der Waals surface area (Å²) in [5, 5.41) is 14.2. The van der Waals surface area contributed by atoms with Crippen molar-refractivity contribution in [1.82, 2.24) is 10.2 Å². The van der Waals surface area contributed by atoms with Crippen molar-refractivity contribution in [2.24, 2.45) is 0 Å². The first-order valence-electron chi connectivity index (χ1n) is 8.70. The van der Waals surface area contributed by atoms with E-state index in [-0.39, 0.29) is 23.4 Å². The minimum atomic E-state index is -1.01. The normalized spacial score (nSPS) is 16.6. The molecular formula is C20H19N3O5. The van der Waals surface area contributed by atoms with Gasteiger partial charge in [0.05, 0.1) is 34.4 Å². The fourth-order valence-corrected chi connectivity index (χ4v) is 3.21. The van der Waals surface area contributed by atoms with Gasteiger partial charge in [0.15, 0.2) is 0 Å². The van der Waals surface area contributed by atoms with Crippen molar-refractivity contribution in [3.63, 3.8) is 0 Å². The number of urea groups is 1. The van der Waals surface area contributed by atoms with E-state index in [1.165, 1.54) is 30.1 Å². The molecule has 8 heteroatoms. The maximum absolute atomic E-state index is 12.9. The van der Waals surface area contributed by atoms with Gasteiger partial charge in [0.2, 0.25) is 0 Å². The van der Waals surface area contributed by atoms with E-state index in [4.69, 9.17) is 4.74 Å². The third kappa shape index (κ3) is 3.44. The average molecular weight is 381 g/mol. The molecule has 0 saturated heterocycles. The zero-order chi connectivity index (χ0) is 20.3. The molecule has 1 aliphatic rings. The number of nitrogens with zero attached hydrogens (tertiary/aromatic N) is 2. The molecular weight excluding hydrogens is 362 g/mol. The largest absolute Gasteiger partial charge is 0.463 e. The van der Waals surface area contributed by atoms with Crippen molar-refractivity contribution in [2.75, 3.05) is 13.7 Å². The number of nitro groups is 1. The number of carbonyl (C=O) groups is 2. The van der Waals surface area contributed by atoms with Gasteiger partial charge in [-0.2, -0.15) is 0 Å². The lowest BCUT2D eigenvalue weighted by Gasteiger charge is -2.34. The molecule has 144 valence electrons. The van der Waals surface area contributed by atoms with Crippen molar-refractivity contribution >= 4 is 23.4 Å². The molecule has 1 heterocycles. The van der Waals surface area contributed by atoms with Gasteiger partial charge in [-0.3, -0.25) is 15.0 Å². The Labute approximate surface area is 161 Å². The molecule has 0 bridgehead atoms. The second-order valence-corrected chi connectivity index (χ2v) is 6.11. The van der Waals surface area contributed by atoms with E-state index in [0.717, 1.165) is 0 Å². The third-order valence-electron chi connectivity index (χ3n) is 4.44. The number of hydrogen-bond acceptors (Lipinski definition) is 5. The van der Waals surface area contributed by atoms with Gasteiger partial charge >= 0.3 is 12.0 Å². The number of nitro benzene ring substituents is 1. The van der Waals surface area contributed by atoms with Crippen LogP contribution in [0.5, 0.6) is 0 Å². The summed E-state index contributed by atoms with van der Waals surface area (Å²) in [5.41, 5.74) is 1.15. The van der Waals surface area contributed by atoms with Crippen LogP contribution in [0.4, 0.5) is 10.5 Å². The summed E-state index contributed by atoms with van der Waals surface area (Å²) in [6.45, 7) is 1.80. The van der Waals surface area contributed by atoms with Crippen LogP contribution in [0.25, 0.3) is 5.70 Å². The smallest absolute Gasteiger partial charge is 0.338 e. The highest BCUT2D eigenvalue weighted by molar-refractivity contribution is 6.04. The van der Waals surface area contributed by atoms with Crippen molar-refractivity contribution in [3.8, 4) is 0 Å². The highest BCUT2D eigenvalue weighted by Gasteiger charge is 2.39. The average Bonchev–Trinajstić information content (AvgIpc) is 2.70. The molecule has 0 radical (unpaired) electrons. The lowest BCUT2D eigenvalue weighted by Crippen LogP contribution is -2.46. The minimum absolute atomic E-state index is 0.131. The van der Waals surface area contributed by atoms with Crippen LogP contribution in [0, 0.1) is 10.1 Å². The first kappa shape index (κ1) is 19.1. The number of amides is 2. The van der Waals surface area contributed by atoms with E-state index in [0.29, 0.717) is 11.3 Å². The molecule has 1 atom stereocenters. The van der Waals surface area contributed by atoms with E-state index in [1.807, 2.05) is 6.07 Å². The Balaban J connectivity index is 2.30. The predicted octanol–water partition coefficient (Wildman–Crippen LogP) is 3.27. The number of rotatable bonds is 5. The van der Waals surface area contributed by atoms with Crippen LogP contribution in [0.15, 0.2) is 60.2 Å². The number of esters is 1. The lowest BCUT2D eigenvalue weighted by atomic mass is 9.91.